The van der Waals surface area contributed by atoms with Crippen molar-refractivity contribution in [3.63, 3.8) is 0 Å². The van der Waals surface area contributed by atoms with Crippen LogP contribution in [0.5, 0.6) is 0 Å². The Morgan fingerprint density at radius 3 is 1.31 bits per heavy atom. The van der Waals surface area contributed by atoms with Crippen molar-refractivity contribution in [3.05, 3.63) is 150 Å². The fraction of sp³-hybridized carbons (Fsp3) is 0.158. The van der Waals surface area contributed by atoms with E-state index in [4.69, 9.17) is 0 Å². The van der Waals surface area contributed by atoms with Gasteiger partial charge in [-0.2, -0.15) is 0 Å². The molecule has 8 rings (SSSR count). The SMILES string of the molecule is CC1=CC2C(=[C]1[Hf]([C]1=C3c4ccccc4N(c4ccccc4)C3C=C1C)[SiH](C)C)c1ccccc1N2c1ccccc1. The Morgan fingerprint density at radius 1 is 0.524 bits per heavy atom. The first-order valence-corrected chi connectivity index (χ1v) is 27.9. The second-order valence-electron chi connectivity index (χ2n) is 12.2. The van der Waals surface area contributed by atoms with Crippen LogP contribution >= 0.6 is 0 Å². The first-order valence-electron chi connectivity index (χ1n) is 15.2. The van der Waals surface area contributed by atoms with E-state index in [9.17, 15) is 0 Å². The Hall–Kier alpha value is -3.47. The third kappa shape index (κ3) is 3.77. The van der Waals surface area contributed by atoms with Gasteiger partial charge in [-0.1, -0.05) is 0 Å². The number of nitrogens with zero attached hydrogens (tertiary/aromatic N) is 2. The molecule has 0 spiro atoms. The summed E-state index contributed by atoms with van der Waals surface area (Å²) in [5, 5.41) is 0. The van der Waals surface area contributed by atoms with E-state index >= 15 is 0 Å². The molecule has 0 amide bonds. The number of allylic oxidation sites excluding steroid dienone is 4. The van der Waals surface area contributed by atoms with Crippen molar-refractivity contribution in [2.45, 2.75) is 39.0 Å². The maximum atomic E-state index is 2.65. The van der Waals surface area contributed by atoms with Crippen molar-refractivity contribution in [1.82, 2.24) is 0 Å². The van der Waals surface area contributed by atoms with E-state index in [-0.39, 0.29) is 12.1 Å². The number of hydrogen-bond acceptors (Lipinski definition) is 2. The van der Waals surface area contributed by atoms with Crippen molar-refractivity contribution in [2.75, 3.05) is 9.80 Å². The van der Waals surface area contributed by atoms with Crippen LogP contribution in [0.25, 0.3) is 11.1 Å². The predicted molar refractivity (Wildman–Crippen MR) is 178 cm³/mol. The molecule has 4 aliphatic rings. The topological polar surface area (TPSA) is 6.48 Å². The number of fused-ring (bicyclic) bond motifs is 6. The molecular weight excluding hydrogens is 691 g/mol. The van der Waals surface area contributed by atoms with E-state index in [0.29, 0.717) is 0 Å². The summed E-state index contributed by atoms with van der Waals surface area (Å²) in [6, 6.07) is 40.9. The molecule has 2 aliphatic carbocycles. The molecule has 2 atom stereocenters. The van der Waals surface area contributed by atoms with E-state index in [1.165, 1.54) is 33.9 Å². The fourth-order valence-electron chi connectivity index (χ4n) is 7.84. The van der Waals surface area contributed by atoms with E-state index in [1.807, 2.05) is 0 Å². The van der Waals surface area contributed by atoms with Crippen LogP contribution in [0.4, 0.5) is 22.7 Å². The summed E-state index contributed by atoms with van der Waals surface area (Å²) in [4.78, 5) is 5.18. The van der Waals surface area contributed by atoms with Gasteiger partial charge in [-0.3, -0.25) is 0 Å². The summed E-state index contributed by atoms with van der Waals surface area (Å²) in [7, 11) is 0. The summed E-state index contributed by atoms with van der Waals surface area (Å²) in [6.45, 7) is 10.1. The average Bonchev–Trinajstić information content (AvgIpc) is 3.70. The van der Waals surface area contributed by atoms with Gasteiger partial charge < -0.3 is 0 Å². The molecular formula is C38H35HfN2Si. The number of hydrogen-bond donors (Lipinski definition) is 0. The minimum absolute atomic E-state index is 0.288. The first-order chi connectivity index (χ1) is 20.5. The zero-order valence-corrected chi connectivity index (χ0v) is 29.4. The summed E-state index contributed by atoms with van der Waals surface area (Å²) < 4.78 is 3.59. The summed E-state index contributed by atoms with van der Waals surface area (Å²) >= 11 is -2.57. The second kappa shape index (κ2) is 10.1. The van der Waals surface area contributed by atoms with Gasteiger partial charge in [0.2, 0.25) is 0 Å². The second-order valence-corrected chi connectivity index (χ2v) is 38.2. The van der Waals surface area contributed by atoms with Gasteiger partial charge in [0.05, 0.1) is 0 Å². The Kier molecular flexibility index (Phi) is 6.27. The van der Waals surface area contributed by atoms with Gasteiger partial charge in [-0.05, 0) is 0 Å². The van der Waals surface area contributed by atoms with Crippen LogP contribution in [-0.2, 0) is 20.6 Å². The molecule has 0 bridgehead atoms. The van der Waals surface area contributed by atoms with Gasteiger partial charge in [-0.15, -0.1) is 0 Å². The molecule has 2 nitrogen and oxygen atoms in total. The van der Waals surface area contributed by atoms with Crippen molar-refractivity contribution >= 4 is 39.9 Å². The number of para-hydroxylation sites is 4. The van der Waals surface area contributed by atoms with Crippen molar-refractivity contribution in [3.8, 4) is 0 Å². The quantitative estimate of drug-likeness (QED) is 0.189. The van der Waals surface area contributed by atoms with Gasteiger partial charge in [-0.25, -0.2) is 0 Å². The normalized spacial score (nSPS) is 20.1. The zero-order valence-electron chi connectivity index (χ0n) is 24.7. The van der Waals surface area contributed by atoms with E-state index in [2.05, 4.69) is 158 Å². The third-order valence-corrected chi connectivity index (χ3v) is 36.3. The molecule has 2 unspecified atom stereocenters. The molecule has 0 saturated heterocycles. The summed E-state index contributed by atoms with van der Waals surface area (Å²) in [5.74, 6) is -1.01. The Balaban J connectivity index is 1.35. The van der Waals surface area contributed by atoms with Gasteiger partial charge in [0.15, 0.2) is 0 Å². The summed E-state index contributed by atoms with van der Waals surface area (Å²) in [5.41, 5.74) is 14.5. The zero-order chi connectivity index (χ0) is 28.5. The number of anilines is 4. The molecule has 0 radical (unpaired) electrons. The molecule has 4 aromatic carbocycles. The van der Waals surface area contributed by atoms with Crippen LogP contribution in [0, 0.1) is 0 Å². The monoisotopic (exact) mass is 727 g/mol. The van der Waals surface area contributed by atoms with Crippen LogP contribution in [-0.4, -0.2) is 18.1 Å². The minimum atomic E-state index is -2.57. The molecule has 205 valence electrons. The Bertz CT molecular complexity index is 1720. The Morgan fingerprint density at radius 2 is 0.905 bits per heavy atom. The molecule has 4 aromatic rings. The van der Waals surface area contributed by atoms with E-state index in [1.54, 1.807) is 29.0 Å². The molecule has 0 saturated carbocycles. The van der Waals surface area contributed by atoms with Crippen LogP contribution in [0.15, 0.2) is 139 Å². The summed E-state index contributed by atoms with van der Waals surface area (Å²) in [6.07, 6.45) is 5.18. The molecule has 0 fully saturated rings. The Labute approximate surface area is 258 Å². The fourth-order valence-corrected chi connectivity index (χ4v) is 36.4. The first kappa shape index (κ1) is 26.2. The molecule has 0 N–H and O–H groups in total. The van der Waals surface area contributed by atoms with Crippen LogP contribution < -0.4 is 9.80 Å². The molecule has 2 heterocycles. The third-order valence-electron chi connectivity index (χ3n) is 9.38. The van der Waals surface area contributed by atoms with E-state index in [0.717, 1.165) is 0 Å². The number of rotatable bonds is 5. The standard InChI is InChI=1S/2C18H14N.C2H7Si.Hf/c2*1-13-11-16-15-9-5-6-10-17(15)19(18(16)12-13)14-7-3-2-4-8-14;1-3-2;/h2*2-10,12,18H,1H3;3H,1-2H3;. The average molecular weight is 726 g/mol. The van der Waals surface area contributed by atoms with Gasteiger partial charge in [0.1, 0.15) is 0 Å². The number of benzene rings is 4. The molecule has 2 aliphatic heterocycles. The predicted octanol–water partition coefficient (Wildman–Crippen LogP) is 9.37. The molecule has 42 heavy (non-hydrogen) atoms. The maximum absolute atomic E-state index is 2.65. The van der Waals surface area contributed by atoms with Crippen LogP contribution in [0.2, 0.25) is 13.1 Å². The van der Waals surface area contributed by atoms with Crippen molar-refractivity contribution in [1.29, 1.82) is 0 Å². The van der Waals surface area contributed by atoms with E-state index < -0.39 is 26.6 Å². The molecule has 4 heteroatoms. The van der Waals surface area contributed by atoms with Gasteiger partial charge in [0.25, 0.3) is 0 Å². The van der Waals surface area contributed by atoms with Crippen molar-refractivity contribution in [2.24, 2.45) is 0 Å². The molecule has 0 aromatic heterocycles. The van der Waals surface area contributed by atoms with Crippen LogP contribution in [0.3, 0.4) is 0 Å². The van der Waals surface area contributed by atoms with Crippen LogP contribution in [0.1, 0.15) is 25.0 Å². The van der Waals surface area contributed by atoms with Gasteiger partial charge >= 0.3 is 260 Å². The van der Waals surface area contributed by atoms with Gasteiger partial charge in [0, 0.05) is 0 Å². The van der Waals surface area contributed by atoms with Crippen molar-refractivity contribution < 1.29 is 20.6 Å².